The number of hydrogen-bond acceptors (Lipinski definition) is 4. The summed E-state index contributed by atoms with van der Waals surface area (Å²) >= 11 is 6.00. The van der Waals surface area contributed by atoms with Gasteiger partial charge in [-0.15, -0.1) is 0 Å². The van der Waals surface area contributed by atoms with E-state index in [1.807, 2.05) is 6.07 Å². The highest BCUT2D eigenvalue weighted by molar-refractivity contribution is 7.89. The third kappa shape index (κ3) is 4.17. The van der Waals surface area contributed by atoms with Gasteiger partial charge < -0.3 is 5.32 Å². The molecule has 128 valence electrons. The van der Waals surface area contributed by atoms with Gasteiger partial charge in [0.15, 0.2) is 0 Å². The molecule has 1 aliphatic rings. The van der Waals surface area contributed by atoms with Crippen molar-refractivity contribution in [1.29, 1.82) is 5.26 Å². The van der Waals surface area contributed by atoms with E-state index in [1.165, 1.54) is 24.3 Å². The number of nitrogens with zero attached hydrogens (tertiary/aromatic N) is 1. The molecule has 8 heteroatoms. The van der Waals surface area contributed by atoms with Crippen molar-refractivity contribution in [1.82, 2.24) is 4.72 Å². The van der Waals surface area contributed by atoms with E-state index in [2.05, 4.69) is 10.0 Å². The average molecular weight is 376 g/mol. The number of amides is 1. The quantitative estimate of drug-likeness (QED) is 0.839. The number of benzene rings is 2. The highest BCUT2D eigenvalue weighted by Gasteiger charge is 2.29. The van der Waals surface area contributed by atoms with E-state index in [9.17, 15) is 13.2 Å². The van der Waals surface area contributed by atoms with Gasteiger partial charge in [0.25, 0.3) is 5.91 Å². The van der Waals surface area contributed by atoms with Gasteiger partial charge in [-0.25, -0.2) is 13.1 Å². The molecule has 0 spiro atoms. The zero-order valence-corrected chi connectivity index (χ0v) is 14.6. The second kappa shape index (κ2) is 6.84. The summed E-state index contributed by atoms with van der Waals surface area (Å²) in [5.41, 5.74) is 1.01. The topological polar surface area (TPSA) is 99.1 Å². The zero-order chi connectivity index (χ0) is 18.0. The molecule has 1 amide bonds. The Kier molecular flexibility index (Phi) is 4.77. The second-order valence-electron chi connectivity index (χ2n) is 5.69. The van der Waals surface area contributed by atoms with Crippen LogP contribution in [0.2, 0.25) is 5.02 Å². The van der Waals surface area contributed by atoms with Crippen LogP contribution in [0.1, 0.15) is 28.8 Å². The molecule has 25 heavy (non-hydrogen) atoms. The van der Waals surface area contributed by atoms with E-state index in [0.717, 1.165) is 12.8 Å². The summed E-state index contributed by atoms with van der Waals surface area (Å²) in [7, 11) is -3.77. The molecule has 0 atom stereocenters. The van der Waals surface area contributed by atoms with Crippen LogP contribution in [0.4, 0.5) is 5.69 Å². The minimum absolute atomic E-state index is 0.0520. The van der Waals surface area contributed by atoms with Crippen LogP contribution in [0.25, 0.3) is 0 Å². The van der Waals surface area contributed by atoms with Gasteiger partial charge in [0.05, 0.1) is 16.7 Å². The van der Waals surface area contributed by atoms with Crippen molar-refractivity contribution >= 4 is 33.2 Å². The summed E-state index contributed by atoms with van der Waals surface area (Å²) < 4.78 is 27.3. The highest BCUT2D eigenvalue weighted by Crippen LogP contribution is 2.27. The Morgan fingerprint density at radius 1 is 1.20 bits per heavy atom. The van der Waals surface area contributed by atoms with E-state index in [-0.39, 0.29) is 21.5 Å². The zero-order valence-electron chi connectivity index (χ0n) is 13.0. The Labute approximate surface area is 150 Å². The van der Waals surface area contributed by atoms with Crippen molar-refractivity contribution < 1.29 is 13.2 Å². The molecule has 0 saturated heterocycles. The average Bonchev–Trinajstić information content (AvgIpc) is 3.38. The Balaban J connectivity index is 1.86. The molecule has 1 fully saturated rings. The maximum Gasteiger partial charge on any atom is 0.255 e. The monoisotopic (exact) mass is 375 g/mol. The summed E-state index contributed by atoms with van der Waals surface area (Å²) in [6, 6.07) is 12.4. The maximum absolute atomic E-state index is 12.4. The lowest BCUT2D eigenvalue weighted by Gasteiger charge is -2.10. The summed E-state index contributed by atoms with van der Waals surface area (Å²) in [6.07, 6.45) is 1.60. The number of anilines is 1. The molecule has 6 nitrogen and oxygen atoms in total. The van der Waals surface area contributed by atoms with Gasteiger partial charge in [-0.1, -0.05) is 17.7 Å². The molecule has 2 aromatic carbocycles. The number of carbonyl (C=O) groups is 1. The summed E-state index contributed by atoms with van der Waals surface area (Å²) in [5.74, 6) is -0.491. The van der Waals surface area contributed by atoms with Crippen LogP contribution in [0, 0.1) is 11.3 Å². The molecule has 0 unspecified atom stereocenters. The number of hydrogen-bond donors (Lipinski definition) is 2. The number of nitriles is 1. The lowest BCUT2D eigenvalue weighted by molar-refractivity contribution is 0.102. The first-order valence-corrected chi connectivity index (χ1v) is 9.38. The maximum atomic E-state index is 12.4. The van der Waals surface area contributed by atoms with Gasteiger partial charge in [0, 0.05) is 17.3 Å². The number of halogens is 1. The van der Waals surface area contributed by atoms with Crippen molar-refractivity contribution in [2.24, 2.45) is 0 Å². The van der Waals surface area contributed by atoms with E-state index in [0.29, 0.717) is 11.3 Å². The smallest absolute Gasteiger partial charge is 0.255 e. The predicted octanol–water partition coefficient (Wildman–Crippen LogP) is 2.90. The molecular weight excluding hydrogens is 362 g/mol. The van der Waals surface area contributed by atoms with Gasteiger partial charge in [-0.3, -0.25) is 4.79 Å². The molecule has 0 radical (unpaired) electrons. The SMILES string of the molecule is N#Cc1cccc(NC(=O)c2ccc(Cl)c(S(=O)(=O)NC3CC3)c2)c1. The number of carbonyl (C=O) groups excluding carboxylic acids is 1. The van der Waals surface area contributed by atoms with Gasteiger partial charge in [0.1, 0.15) is 4.90 Å². The normalized spacial score (nSPS) is 13.9. The van der Waals surface area contributed by atoms with Crippen LogP contribution in [-0.4, -0.2) is 20.4 Å². The molecule has 0 bridgehead atoms. The standard InChI is InChI=1S/C17H14ClN3O3S/c18-15-7-4-12(9-16(15)25(23,24)21-13-5-6-13)17(22)20-14-3-1-2-11(8-14)10-19/h1-4,7-9,13,21H,5-6H2,(H,20,22). The van der Waals surface area contributed by atoms with Gasteiger partial charge in [0.2, 0.25) is 10.0 Å². The first-order valence-electron chi connectivity index (χ1n) is 7.52. The summed E-state index contributed by atoms with van der Waals surface area (Å²) in [5, 5.41) is 11.6. The Bertz CT molecular complexity index is 979. The Morgan fingerprint density at radius 3 is 2.64 bits per heavy atom. The predicted molar refractivity (Wildman–Crippen MR) is 93.9 cm³/mol. The summed E-state index contributed by atoms with van der Waals surface area (Å²) in [4.78, 5) is 12.3. The Hall–Kier alpha value is -2.40. The fraction of sp³-hybridized carbons (Fsp3) is 0.176. The van der Waals surface area contributed by atoms with Crippen LogP contribution < -0.4 is 10.0 Å². The first kappa shape index (κ1) is 17.4. The molecule has 2 N–H and O–H groups in total. The van der Waals surface area contributed by atoms with E-state index in [1.54, 1.807) is 18.2 Å². The molecule has 0 aliphatic heterocycles. The van der Waals surface area contributed by atoms with Gasteiger partial charge in [-0.05, 0) is 49.2 Å². The van der Waals surface area contributed by atoms with E-state index in [4.69, 9.17) is 16.9 Å². The minimum atomic E-state index is -3.77. The van der Waals surface area contributed by atoms with Crippen molar-refractivity contribution in [3.05, 3.63) is 58.6 Å². The first-order chi connectivity index (χ1) is 11.9. The molecule has 0 heterocycles. The van der Waals surface area contributed by atoms with Crippen LogP contribution >= 0.6 is 11.6 Å². The lowest BCUT2D eigenvalue weighted by atomic mass is 10.2. The summed E-state index contributed by atoms with van der Waals surface area (Å²) in [6.45, 7) is 0. The number of sulfonamides is 1. The molecule has 2 aromatic rings. The molecule has 3 rings (SSSR count). The molecule has 1 saturated carbocycles. The molecular formula is C17H14ClN3O3S. The highest BCUT2D eigenvalue weighted by atomic mass is 35.5. The van der Waals surface area contributed by atoms with Crippen molar-refractivity contribution in [2.75, 3.05) is 5.32 Å². The van der Waals surface area contributed by atoms with Crippen LogP contribution in [0.3, 0.4) is 0 Å². The lowest BCUT2D eigenvalue weighted by Crippen LogP contribution is -2.26. The third-order valence-electron chi connectivity index (χ3n) is 3.63. The van der Waals surface area contributed by atoms with E-state index >= 15 is 0 Å². The van der Waals surface area contributed by atoms with Crippen molar-refractivity contribution in [2.45, 2.75) is 23.8 Å². The van der Waals surface area contributed by atoms with Crippen molar-refractivity contribution in [3.8, 4) is 6.07 Å². The van der Waals surface area contributed by atoms with Gasteiger partial charge in [-0.2, -0.15) is 5.26 Å². The van der Waals surface area contributed by atoms with Crippen LogP contribution in [-0.2, 0) is 10.0 Å². The van der Waals surface area contributed by atoms with Crippen LogP contribution in [0.15, 0.2) is 47.4 Å². The number of rotatable bonds is 5. The van der Waals surface area contributed by atoms with Crippen LogP contribution in [0.5, 0.6) is 0 Å². The van der Waals surface area contributed by atoms with Gasteiger partial charge >= 0.3 is 0 Å². The minimum Gasteiger partial charge on any atom is -0.322 e. The van der Waals surface area contributed by atoms with Crippen molar-refractivity contribution in [3.63, 3.8) is 0 Å². The fourth-order valence-electron chi connectivity index (χ4n) is 2.20. The Morgan fingerprint density at radius 2 is 1.96 bits per heavy atom. The molecule has 0 aromatic heterocycles. The number of nitrogens with one attached hydrogen (secondary N) is 2. The van der Waals surface area contributed by atoms with E-state index < -0.39 is 15.9 Å². The third-order valence-corrected chi connectivity index (χ3v) is 5.63. The fourth-order valence-corrected chi connectivity index (χ4v) is 4.04. The largest absolute Gasteiger partial charge is 0.322 e. The molecule has 1 aliphatic carbocycles. The second-order valence-corrected chi connectivity index (χ2v) is 7.78.